The molecule has 6 heteroatoms. The molecule has 0 atom stereocenters. The lowest BCUT2D eigenvalue weighted by molar-refractivity contribution is -0.116. The number of nitrogens with zero attached hydrogens (tertiary/aromatic N) is 3. The summed E-state index contributed by atoms with van der Waals surface area (Å²) < 4.78 is 7.12. The molecule has 0 bridgehead atoms. The number of para-hydroxylation sites is 2. The van der Waals surface area contributed by atoms with E-state index >= 15 is 0 Å². The normalized spacial score (nSPS) is 15.0. The van der Waals surface area contributed by atoms with Gasteiger partial charge in [0.25, 0.3) is 0 Å². The molecule has 21 heavy (non-hydrogen) atoms. The van der Waals surface area contributed by atoms with Gasteiger partial charge in [0.15, 0.2) is 0 Å². The number of nitrogens with one attached hydrogen (secondary N) is 1. The Hall–Kier alpha value is -2.34. The molecule has 0 radical (unpaired) electrons. The quantitative estimate of drug-likeness (QED) is 0.922. The van der Waals surface area contributed by atoms with Gasteiger partial charge in [-0.1, -0.05) is 12.1 Å². The van der Waals surface area contributed by atoms with Crippen molar-refractivity contribution in [2.24, 2.45) is 0 Å². The Morgan fingerprint density at radius 2 is 2.10 bits per heavy atom. The maximum atomic E-state index is 12.1. The molecule has 6 nitrogen and oxygen atoms in total. The van der Waals surface area contributed by atoms with E-state index in [4.69, 9.17) is 4.74 Å². The Bertz CT molecular complexity index is 591. The minimum atomic E-state index is -0.0614. The summed E-state index contributed by atoms with van der Waals surface area (Å²) in [4.78, 5) is 18.3. The largest absolute Gasteiger partial charge is 0.378 e. The topological polar surface area (TPSA) is 59.4 Å². The molecule has 0 spiro atoms. The SMILES string of the molecule is O=C(Cn1ccnc1)Nc1ccccc1N1CCOCC1. The van der Waals surface area contributed by atoms with E-state index in [1.165, 1.54) is 0 Å². The molecule has 3 rings (SSSR count). The fraction of sp³-hybridized carbons (Fsp3) is 0.333. The minimum Gasteiger partial charge on any atom is -0.378 e. The van der Waals surface area contributed by atoms with Crippen molar-refractivity contribution in [3.8, 4) is 0 Å². The third kappa shape index (κ3) is 3.41. The highest BCUT2D eigenvalue weighted by atomic mass is 16.5. The second-order valence-corrected chi connectivity index (χ2v) is 4.90. The maximum absolute atomic E-state index is 12.1. The number of ether oxygens (including phenoxy) is 1. The molecule has 1 fully saturated rings. The van der Waals surface area contributed by atoms with Crippen molar-refractivity contribution in [2.75, 3.05) is 36.5 Å². The first kappa shape index (κ1) is 13.6. The predicted molar refractivity (Wildman–Crippen MR) is 80.3 cm³/mol. The van der Waals surface area contributed by atoms with Crippen molar-refractivity contribution in [3.05, 3.63) is 43.0 Å². The van der Waals surface area contributed by atoms with Crippen LogP contribution in [-0.4, -0.2) is 41.8 Å². The molecule has 1 N–H and O–H groups in total. The lowest BCUT2D eigenvalue weighted by Crippen LogP contribution is -2.36. The molecule has 1 aromatic carbocycles. The van der Waals surface area contributed by atoms with Crippen LogP contribution in [0.15, 0.2) is 43.0 Å². The standard InChI is InChI=1S/C15H18N4O2/c20-15(11-18-6-5-16-12-18)17-13-3-1-2-4-14(13)19-7-9-21-10-8-19/h1-6,12H,7-11H2,(H,17,20). The number of anilines is 2. The van der Waals surface area contributed by atoms with Gasteiger partial charge in [-0.3, -0.25) is 4.79 Å². The van der Waals surface area contributed by atoms with Gasteiger partial charge in [0.2, 0.25) is 5.91 Å². The van der Waals surface area contributed by atoms with Crippen LogP contribution < -0.4 is 10.2 Å². The third-order valence-corrected chi connectivity index (χ3v) is 3.42. The van der Waals surface area contributed by atoms with Crippen molar-refractivity contribution >= 4 is 17.3 Å². The Morgan fingerprint density at radius 1 is 1.29 bits per heavy atom. The first-order valence-electron chi connectivity index (χ1n) is 7.00. The first-order chi connectivity index (χ1) is 10.3. The third-order valence-electron chi connectivity index (χ3n) is 3.42. The van der Waals surface area contributed by atoms with Gasteiger partial charge < -0.3 is 19.5 Å². The van der Waals surface area contributed by atoms with Gasteiger partial charge in [-0.2, -0.15) is 0 Å². The number of amides is 1. The lowest BCUT2D eigenvalue weighted by atomic mass is 10.2. The monoisotopic (exact) mass is 286 g/mol. The highest BCUT2D eigenvalue weighted by Crippen LogP contribution is 2.26. The van der Waals surface area contributed by atoms with Gasteiger partial charge in [-0.25, -0.2) is 4.98 Å². The Balaban J connectivity index is 1.71. The summed E-state index contributed by atoms with van der Waals surface area (Å²) in [6.45, 7) is 3.38. The number of carbonyl (C=O) groups excluding carboxylic acids is 1. The minimum absolute atomic E-state index is 0.0614. The van der Waals surface area contributed by atoms with Crippen LogP contribution in [0.1, 0.15) is 0 Å². The average molecular weight is 286 g/mol. The van der Waals surface area contributed by atoms with Crippen molar-refractivity contribution in [3.63, 3.8) is 0 Å². The molecule has 0 aliphatic carbocycles. The van der Waals surface area contributed by atoms with Gasteiger partial charge in [0.1, 0.15) is 6.54 Å². The second kappa shape index (κ2) is 6.41. The zero-order valence-corrected chi connectivity index (χ0v) is 11.7. The molecule has 110 valence electrons. The van der Waals surface area contributed by atoms with E-state index in [2.05, 4.69) is 15.2 Å². The van der Waals surface area contributed by atoms with Gasteiger partial charge in [0.05, 0.1) is 30.9 Å². The summed E-state index contributed by atoms with van der Waals surface area (Å²) in [7, 11) is 0. The summed E-state index contributed by atoms with van der Waals surface area (Å²) in [5.74, 6) is -0.0614. The molecule has 2 heterocycles. The van der Waals surface area contributed by atoms with Crippen LogP contribution in [0.3, 0.4) is 0 Å². The zero-order valence-electron chi connectivity index (χ0n) is 11.7. The number of carbonyl (C=O) groups is 1. The van der Waals surface area contributed by atoms with Gasteiger partial charge in [-0.05, 0) is 12.1 Å². The number of hydrogen-bond acceptors (Lipinski definition) is 4. The van der Waals surface area contributed by atoms with E-state index in [9.17, 15) is 4.79 Å². The van der Waals surface area contributed by atoms with Gasteiger partial charge in [0, 0.05) is 25.5 Å². The van der Waals surface area contributed by atoms with E-state index in [0.717, 1.165) is 37.7 Å². The summed E-state index contributed by atoms with van der Waals surface area (Å²) in [5.41, 5.74) is 1.88. The molecule has 1 aromatic heterocycles. The van der Waals surface area contributed by atoms with E-state index in [-0.39, 0.29) is 12.5 Å². The van der Waals surface area contributed by atoms with Crippen LogP contribution in [0.25, 0.3) is 0 Å². The molecule has 1 amide bonds. The number of rotatable bonds is 4. The number of benzene rings is 1. The van der Waals surface area contributed by atoms with Crippen LogP contribution in [0, 0.1) is 0 Å². The van der Waals surface area contributed by atoms with Crippen LogP contribution in [0.4, 0.5) is 11.4 Å². The van der Waals surface area contributed by atoms with Crippen molar-refractivity contribution in [1.29, 1.82) is 0 Å². The molecule has 1 saturated heterocycles. The molecule has 0 unspecified atom stereocenters. The fourth-order valence-corrected chi connectivity index (χ4v) is 2.40. The predicted octanol–water partition coefficient (Wildman–Crippen LogP) is 1.36. The molecule has 0 saturated carbocycles. The van der Waals surface area contributed by atoms with Gasteiger partial charge >= 0.3 is 0 Å². The van der Waals surface area contributed by atoms with Crippen LogP contribution in [0.5, 0.6) is 0 Å². The first-order valence-corrected chi connectivity index (χ1v) is 7.00. The highest BCUT2D eigenvalue weighted by molar-refractivity contribution is 5.94. The molecule has 2 aromatic rings. The summed E-state index contributed by atoms with van der Waals surface area (Å²) in [6, 6.07) is 7.86. The summed E-state index contributed by atoms with van der Waals surface area (Å²) >= 11 is 0. The van der Waals surface area contributed by atoms with E-state index in [1.54, 1.807) is 23.3 Å². The van der Waals surface area contributed by atoms with E-state index in [1.807, 2.05) is 24.3 Å². The molecular weight excluding hydrogens is 268 g/mol. The molecule has 1 aliphatic heterocycles. The average Bonchev–Trinajstić information content (AvgIpc) is 3.01. The second-order valence-electron chi connectivity index (χ2n) is 4.90. The van der Waals surface area contributed by atoms with E-state index in [0.29, 0.717) is 0 Å². The maximum Gasteiger partial charge on any atom is 0.244 e. The summed E-state index contributed by atoms with van der Waals surface area (Å²) in [6.07, 6.45) is 5.07. The van der Waals surface area contributed by atoms with E-state index < -0.39 is 0 Å². The highest BCUT2D eigenvalue weighted by Gasteiger charge is 2.15. The van der Waals surface area contributed by atoms with Crippen LogP contribution in [0.2, 0.25) is 0 Å². The molecule has 1 aliphatic rings. The number of imidazole rings is 1. The number of morpholine rings is 1. The smallest absolute Gasteiger partial charge is 0.244 e. The van der Waals surface area contributed by atoms with Crippen molar-refractivity contribution in [1.82, 2.24) is 9.55 Å². The Labute approximate surface area is 123 Å². The number of aromatic nitrogens is 2. The van der Waals surface area contributed by atoms with Crippen molar-refractivity contribution < 1.29 is 9.53 Å². The van der Waals surface area contributed by atoms with Crippen LogP contribution in [-0.2, 0) is 16.1 Å². The zero-order chi connectivity index (χ0) is 14.5. The summed E-state index contributed by atoms with van der Waals surface area (Å²) in [5, 5.41) is 2.98. The Kier molecular flexibility index (Phi) is 4.16. The Morgan fingerprint density at radius 3 is 2.86 bits per heavy atom. The number of hydrogen-bond donors (Lipinski definition) is 1. The van der Waals surface area contributed by atoms with Crippen LogP contribution >= 0.6 is 0 Å². The fourth-order valence-electron chi connectivity index (χ4n) is 2.40. The molecular formula is C15H18N4O2. The lowest BCUT2D eigenvalue weighted by Gasteiger charge is -2.30. The van der Waals surface area contributed by atoms with Gasteiger partial charge in [-0.15, -0.1) is 0 Å². The van der Waals surface area contributed by atoms with Crippen molar-refractivity contribution in [2.45, 2.75) is 6.54 Å².